The number of ketones is 1. The summed E-state index contributed by atoms with van der Waals surface area (Å²) in [5.74, 6) is 0.0438. The van der Waals surface area contributed by atoms with Crippen molar-refractivity contribution in [1.82, 2.24) is 0 Å². The summed E-state index contributed by atoms with van der Waals surface area (Å²) in [6.07, 6.45) is -0.104. The molecule has 0 saturated heterocycles. The Morgan fingerprint density at radius 1 is 1.31 bits per heavy atom. The van der Waals surface area contributed by atoms with Gasteiger partial charge in [-0.1, -0.05) is 6.92 Å². The summed E-state index contributed by atoms with van der Waals surface area (Å²) in [4.78, 5) is 22.0. The van der Waals surface area contributed by atoms with Crippen molar-refractivity contribution in [2.24, 2.45) is 5.73 Å². The molecule has 1 rings (SSSR count). The fraction of sp³-hybridized carbons (Fsp3) is 0.333. The molecule has 1 aromatic carbocycles. The number of carbonyl (C=O) groups excluding carboxylic acids is 2. The van der Waals surface area contributed by atoms with Crippen molar-refractivity contribution in [3.63, 3.8) is 0 Å². The number of nitrogens with two attached hydrogens (primary N) is 1. The van der Waals surface area contributed by atoms with Gasteiger partial charge < -0.3 is 10.5 Å². The first-order valence-electron chi connectivity index (χ1n) is 5.11. The quantitative estimate of drug-likeness (QED) is 0.766. The lowest BCUT2D eigenvalue weighted by Gasteiger charge is -2.13. The number of primary amides is 1. The van der Waals surface area contributed by atoms with Crippen molar-refractivity contribution in [2.45, 2.75) is 26.4 Å². The Morgan fingerprint density at radius 2 is 1.88 bits per heavy atom. The molecule has 86 valence electrons. The minimum absolute atomic E-state index is 0.00603. The number of rotatable bonds is 5. The zero-order chi connectivity index (χ0) is 12.1. The molecule has 1 unspecified atom stereocenters. The van der Waals surface area contributed by atoms with E-state index in [1.807, 2.05) is 6.92 Å². The van der Waals surface area contributed by atoms with Crippen molar-refractivity contribution < 1.29 is 14.3 Å². The van der Waals surface area contributed by atoms with Crippen molar-refractivity contribution in [2.75, 3.05) is 0 Å². The van der Waals surface area contributed by atoms with Gasteiger partial charge in [0, 0.05) is 5.56 Å². The molecule has 1 aromatic rings. The summed E-state index contributed by atoms with van der Waals surface area (Å²) < 4.78 is 5.37. The number of hydrogen-bond acceptors (Lipinski definition) is 3. The molecule has 1 amide bonds. The van der Waals surface area contributed by atoms with Gasteiger partial charge in [0.15, 0.2) is 11.9 Å². The van der Waals surface area contributed by atoms with Crippen LogP contribution in [0.15, 0.2) is 24.3 Å². The second-order valence-electron chi connectivity index (χ2n) is 3.50. The summed E-state index contributed by atoms with van der Waals surface area (Å²) in [5, 5.41) is 0. The minimum Gasteiger partial charge on any atom is -0.481 e. The number of ether oxygens (including phenoxy) is 1. The lowest BCUT2D eigenvalue weighted by Crippen LogP contribution is -2.32. The smallest absolute Gasteiger partial charge is 0.258 e. The Balaban J connectivity index is 2.75. The zero-order valence-corrected chi connectivity index (χ0v) is 9.40. The summed E-state index contributed by atoms with van der Waals surface area (Å²) in [6, 6.07) is 6.63. The van der Waals surface area contributed by atoms with Gasteiger partial charge in [-0.25, -0.2) is 0 Å². The molecule has 0 spiro atoms. The number of carbonyl (C=O) groups is 2. The maximum absolute atomic E-state index is 11.0. The molecule has 0 fully saturated rings. The second-order valence-corrected chi connectivity index (χ2v) is 3.50. The van der Waals surface area contributed by atoms with Gasteiger partial charge in [0.25, 0.3) is 5.91 Å². The molecule has 0 aliphatic carbocycles. The van der Waals surface area contributed by atoms with E-state index in [1.165, 1.54) is 6.92 Å². The van der Waals surface area contributed by atoms with Gasteiger partial charge in [-0.3, -0.25) is 9.59 Å². The maximum Gasteiger partial charge on any atom is 0.258 e. The molecule has 1 atom stereocenters. The third-order valence-corrected chi connectivity index (χ3v) is 2.23. The monoisotopic (exact) mass is 221 g/mol. The molecule has 0 radical (unpaired) electrons. The number of benzene rings is 1. The van der Waals surface area contributed by atoms with Crippen LogP contribution < -0.4 is 10.5 Å². The molecule has 4 nitrogen and oxygen atoms in total. The van der Waals surface area contributed by atoms with Crippen LogP contribution in [0.3, 0.4) is 0 Å². The molecule has 0 aromatic heterocycles. The third-order valence-electron chi connectivity index (χ3n) is 2.23. The van der Waals surface area contributed by atoms with E-state index in [2.05, 4.69) is 0 Å². The predicted molar refractivity (Wildman–Crippen MR) is 60.3 cm³/mol. The minimum atomic E-state index is -0.622. The lowest BCUT2D eigenvalue weighted by molar-refractivity contribution is -0.124. The average Bonchev–Trinajstić information content (AvgIpc) is 2.26. The van der Waals surface area contributed by atoms with E-state index in [-0.39, 0.29) is 5.78 Å². The van der Waals surface area contributed by atoms with Crippen molar-refractivity contribution in [1.29, 1.82) is 0 Å². The van der Waals surface area contributed by atoms with E-state index in [0.717, 1.165) is 0 Å². The highest BCUT2D eigenvalue weighted by molar-refractivity contribution is 5.94. The molecule has 0 aliphatic heterocycles. The lowest BCUT2D eigenvalue weighted by atomic mass is 10.1. The normalized spacial score (nSPS) is 11.9. The van der Waals surface area contributed by atoms with Crippen LogP contribution in [0.1, 0.15) is 30.6 Å². The molecule has 0 bridgehead atoms. The van der Waals surface area contributed by atoms with Crippen molar-refractivity contribution in [3.05, 3.63) is 29.8 Å². The Bertz CT molecular complexity index is 384. The highest BCUT2D eigenvalue weighted by atomic mass is 16.5. The van der Waals surface area contributed by atoms with E-state index < -0.39 is 12.0 Å². The SMILES string of the molecule is CCC(Oc1ccc(C(C)=O)cc1)C(N)=O. The first kappa shape index (κ1) is 12.2. The van der Waals surface area contributed by atoms with Gasteiger partial charge in [0.05, 0.1) is 0 Å². The number of amides is 1. The van der Waals surface area contributed by atoms with E-state index in [1.54, 1.807) is 24.3 Å². The van der Waals surface area contributed by atoms with Gasteiger partial charge in [-0.2, -0.15) is 0 Å². The highest BCUT2D eigenvalue weighted by Gasteiger charge is 2.14. The van der Waals surface area contributed by atoms with Crippen LogP contribution in [0.4, 0.5) is 0 Å². The molecule has 0 aliphatic rings. The molecule has 0 saturated carbocycles. The Hall–Kier alpha value is -1.84. The summed E-state index contributed by atoms with van der Waals surface area (Å²) in [6.45, 7) is 3.31. The van der Waals surface area contributed by atoms with Crippen LogP contribution in [-0.4, -0.2) is 17.8 Å². The molecule has 4 heteroatoms. The second kappa shape index (κ2) is 5.30. The zero-order valence-electron chi connectivity index (χ0n) is 9.40. The third kappa shape index (κ3) is 3.08. The maximum atomic E-state index is 11.0. The van der Waals surface area contributed by atoms with Crippen LogP contribution in [0.2, 0.25) is 0 Å². The van der Waals surface area contributed by atoms with Crippen LogP contribution in [0.25, 0.3) is 0 Å². The molecule has 2 N–H and O–H groups in total. The number of Topliss-reactive ketones (excluding diaryl/α,β-unsaturated/α-hetero) is 1. The first-order valence-corrected chi connectivity index (χ1v) is 5.11. The summed E-state index contributed by atoms with van der Waals surface area (Å²) in [7, 11) is 0. The number of hydrogen-bond donors (Lipinski definition) is 1. The van der Waals surface area contributed by atoms with Gasteiger partial charge >= 0.3 is 0 Å². The fourth-order valence-electron chi connectivity index (χ4n) is 1.28. The van der Waals surface area contributed by atoms with Crippen LogP contribution >= 0.6 is 0 Å². The van der Waals surface area contributed by atoms with E-state index in [4.69, 9.17) is 10.5 Å². The topological polar surface area (TPSA) is 69.4 Å². The molecule has 0 heterocycles. The van der Waals surface area contributed by atoms with Gasteiger partial charge in [-0.15, -0.1) is 0 Å². The fourth-order valence-corrected chi connectivity index (χ4v) is 1.28. The van der Waals surface area contributed by atoms with Gasteiger partial charge in [0.1, 0.15) is 5.75 Å². The van der Waals surface area contributed by atoms with Crippen LogP contribution in [0, 0.1) is 0 Å². The van der Waals surface area contributed by atoms with Crippen LogP contribution in [0.5, 0.6) is 5.75 Å². The van der Waals surface area contributed by atoms with Gasteiger partial charge in [-0.05, 0) is 37.6 Å². The van der Waals surface area contributed by atoms with Crippen molar-refractivity contribution in [3.8, 4) is 5.75 Å². The predicted octanol–water partition coefficient (Wildman–Crippen LogP) is 1.53. The van der Waals surface area contributed by atoms with Crippen LogP contribution in [-0.2, 0) is 4.79 Å². The molecular weight excluding hydrogens is 206 g/mol. The average molecular weight is 221 g/mol. The van der Waals surface area contributed by atoms with E-state index >= 15 is 0 Å². The van der Waals surface area contributed by atoms with E-state index in [0.29, 0.717) is 17.7 Å². The summed E-state index contributed by atoms with van der Waals surface area (Å²) >= 11 is 0. The summed E-state index contributed by atoms with van der Waals surface area (Å²) in [5.41, 5.74) is 5.77. The van der Waals surface area contributed by atoms with Crippen molar-refractivity contribution >= 4 is 11.7 Å². The molecular formula is C12H15NO3. The van der Waals surface area contributed by atoms with E-state index in [9.17, 15) is 9.59 Å². The Kier molecular flexibility index (Phi) is 4.05. The largest absolute Gasteiger partial charge is 0.481 e. The standard InChI is InChI=1S/C12H15NO3/c1-3-11(12(13)15)16-10-6-4-9(5-7-10)8(2)14/h4-7,11H,3H2,1-2H3,(H2,13,15). The van der Waals surface area contributed by atoms with Gasteiger partial charge in [0.2, 0.25) is 0 Å². The Morgan fingerprint density at radius 3 is 2.25 bits per heavy atom. The first-order chi connectivity index (χ1) is 7.54. The highest BCUT2D eigenvalue weighted by Crippen LogP contribution is 2.15. The molecule has 16 heavy (non-hydrogen) atoms. The Labute approximate surface area is 94.4 Å².